The minimum absolute atomic E-state index is 0.0342. The molecule has 3 heterocycles. The van der Waals surface area contributed by atoms with Crippen molar-refractivity contribution in [1.29, 1.82) is 0 Å². The maximum absolute atomic E-state index is 13.5. The second kappa shape index (κ2) is 10.0. The van der Waals surface area contributed by atoms with Crippen molar-refractivity contribution in [3.05, 3.63) is 52.4 Å². The number of benzene rings is 1. The Morgan fingerprint density at radius 3 is 2.44 bits per heavy atom. The van der Waals surface area contributed by atoms with Gasteiger partial charge in [-0.15, -0.1) is 0 Å². The molecule has 9 heteroatoms. The van der Waals surface area contributed by atoms with Gasteiger partial charge in [-0.1, -0.05) is 12.8 Å². The molecule has 1 saturated heterocycles. The minimum atomic E-state index is -3.38. The summed E-state index contributed by atoms with van der Waals surface area (Å²) in [7, 11) is -3.38. The number of anilines is 2. The van der Waals surface area contributed by atoms with Gasteiger partial charge in [0.05, 0.1) is 10.1 Å². The molecule has 3 aromatic rings. The van der Waals surface area contributed by atoms with Gasteiger partial charge in [-0.25, -0.2) is 13.4 Å². The molecule has 0 atom stereocenters. The molecule has 0 unspecified atom stereocenters. The van der Waals surface area contributed by atoms with Crippen LogP contribution in [0.3, 0.4) is 0 Å². The Balaban J connectivity index is 1.18. The monoisotopic (exact) mass is 549 g/mol. The molecular weight excluding hydrogens is 510 g/mol. The molecule has 0 amide bonds. The number of fused-ring (bicyclic) bond motifs is 1. The van der Waals surface area contributed by atoms with Gasteiger partial charge < -0.3 is 10.2 Å². The van der Waals surface area contributed by atoms with Gasteiger partial charge in [0.2, 0.25) is 5.95 Å². The maximum atomic E-state index is 13.5. The van der Waals surface area contributed by atoms with Crippen molar-refractivity contribution < 1.29 is 8.42 Å². The third-order valence-electron chi connectivity index (χ3n) is 9.48. The quantitative estimate of drug-likeness (QED) is 0.441. The highest BCUT2D eigenvalue weighted by Crippen LogP contribution is 2.53. The minimum Gasteiger partial charge on any atom is -0.324 e. The van der Waals surface area contributed by atoms with E-state index in [4.69, 9.17) is 4.98 Å². The SMILES string of the molecule is Cc1cc(S(=O)(=O)C2CC3(CCN(C(C)C)CC3)C2)ccc1Nc1ncc2ccc(=O)n(C3CCCC3)c2n1. The van der Waals surface area contributed by atoms with E-state index in [9.17, 15) is 13.2 Å². The zero-order valence-electron chi connectivity index (χ0n) is 23.2. The first-order chi connectivity index (χ1) is 18.6. The van der Waals surface area contributed by atoms with Gasteiger partial charge >= 0.3 is 0 Å². The smallest absolute Gasteiger partial charge is 0.252 e. The zero-order valence-corrected chi connectivity index (χ0v) is 24.0. The lowest BCUT2D eigenvalue weighted by Gasteiger charge is -2.52. The van der Waals surface area contributed by atoms with E-state index < -0.39 is 9.84 Å². The summed E-state index contributed by atoms with van der Waals surface area (Å²) in [5, 5.41) is 3.80. The number of rotatable bonds is 6. The van der Waals surface area contributed by atoms with Crippen molar-refractivity contribution >= 4 is 32.5 Å². The number of aryl methyl sites for hydroxylation is 1. The number of sulfone groups is 1. The van der Waals surface area contributed by atoms with Crippen molar-refractivity contribution in [3.63, 3.8) is 0 Å². The van der Waals surface area contributed by atoms with Gasteiger partial charge in [0.1, 0.15) is 5.65 Å². The van der Waals surface area contributed by atoms with Crippen molar-refractivity contribution in [1.82, 2.24) is 19.4 Å². The van der Waals surface area contributed by atoms with Crippen molar-refractivity contribution in [2.75, 3.05) is 18.4 Å². The highest BCUT2D eigenvalue weighted by atomic mass is 32.2. The predicted molar refractivity (Wildman–Crippen MR) is 154 cm³/mol. The summed E-state index contributed by atoms with van der Waals surface area (Å²) in [5.41, 5.74) is 2.38. The Labute approximate surface area is 230 Å². The highest BCUT2D eigenvalue weighted by molar-refractivity contribution is 7.92. The second-order valence-corrected chi connectivity index (χ2v) is 14.5. The Morgan fingerprint density at radius 2 is 1.77 bits per heavy atom. The fourth-order valence-corrected chi connectivity index (χ4v) is 9.06. The van der Waals surface area contributed by atoms with Gasteiger partial charge in [-0.05, 0) is 108 Å². The topological polar surface area (TPSA) is 97.2 Å². The van der Waals surface area contributed by atoms with Gasteiger partial charge in [0.25, 0.3) is 5.56 Å². The molecule has 3 aliphatic rings. The van der Waals surface area contributed by atoms with Crippen LogP contribution in [0, 0.1) is 12.3 Å². The molecular formula is C30H39N5O3S. The third-order valence-corrected chi connectivity index (χ3v) is 11.6. The molecule has 0 radical (unpaired) electrons. The van der Waals surface area contributed by atoms with Gasteiger partial charge in [0.15, 0.2) is 9.84 Å². The van der Waals surface area contributed by atoms with Crippen molar-refractivity contribution in [2.45, 2.75) is 94.4 Å². The Kier molecular flexibility index (Phi) is 6.78. The van der Waals surface area contributed by atoms with Crippen LogP contribution >= 0.6 is 0 Å². The highest BCUT2D eigenvalue weighted by Gasteiger charge is 2.51. The summed E-state index contributed by atoms with van der Waals surface area (Å²) in [5.74, 6) is 0.396. The van der Waals surface area contributed by atoms with E-state index in [1.165, 1.54) is 0 Å². The first kappa shape index (κ1) is 26.4. The van der Waals surface area contributed by atoms with Crippen LogP contribution < -0.4 is 10.9 Å². The normalized spacial score (nSPS) is 20.6. The van der Waals surface area contributed by atoms with Crippen molar-refractivity contribution in [2.24, 2.45) is 5.41 Å². The van der Waals surface area contributed by atoms with Crippen LogP contribution in [-0.2, 0) is 9.84 Å². The van der Waals surface area contributed by atoms with Gasteiger partial charge in [0, 0.05) is 35.4 Å². The summed E-state index contributed by atoms with van der Waals surface area (Å²) in [4.78, 5) is 24.8. The Bertz CT molecular complexity index is 1540. The second-order valence-electron chi connectivity index (χ2n) is 12.3. The molecule has 1 aromatic carbocycles. The van der Waals surface area contributed by atoms with E-state index in [1.54, 1.807) is 36.5 Å². The molecule has 3 fully saturated rings. The van der Waals surface area contributed by atoms with E-state index in [-0.39, 0.29) is 22.3 Å². The molecule has 2 aromatic heterocycles. The Hall–Kier alpha value is -2.78. The molecule has 2 saturated carbocycles. The molecule has 1 aliphatic heterocycles. The number of aromatic nitrogens is 3. The van der Waals surface area contributed by atoms with Crippen LogP contribution in [0.5, 0.6) is 0 Å². The van der Waals surface area contributed by atoms with Crippen LogP contribution in [0.2, 0.25) is 0 Å². The van der Waals surface area contributed by atoms with Crippen LogP contribution in [0.1, 0.15) is 76.8 Å². The van der Waals surface area contributed by atoms with Crippen molar-refractivity contribution in [3.8, 4) is 0 Å². The molecule has 1 N–H and O–H groups in total. The number of piperidine rings is 1. The third kappa shape index (κ3) is 4.88. The van der Waals surface area contributed by atoms with Gasteiger partial charge in [-0.2, -0.15) is 4.98 Å². The number of hydrogen-bond donors (Lipinski definition) is 1. The largest absolute Gasteiger partial charge is 0.324 e. The number of nitrogens with one attached hydrogen (secondary N) is 1. The first-order valence-corrected chi connectivity index (χ1v) is 15.9. The standard InChI is InChI=1S/C30H39N5O3S/c1-20(2)34-14-12-30(13-15-34)17-25(18-30)39(37,38)24-9-10-26(21(3)16-24)32-29-31-19-22-8-11-27(36)35(28(22)33-29)23-6-4-5-7-23/h8-11,16,19-20,23,25H,4-7,12-15,17-18H2,1-3H3,(H,31,32,33). The number of nitrogens with zero attached hydrogens (tertiary/aromatic N) is 4. The average Bonchev–Trinajstić information content (AvgIpc) is 3.42. The Morgan fingerprint density at radius 1 is 1.05 bits per heavy atom. The zero-order chi connectivity index (χ0) is 27.4. The van der Waals surface area contributed by atoms with Crippen LogP contribution in [0.15, 0.2) is 46.2 Å². The maximum Gasteiger partial charge on any atom is 0.252 e. The van der Waals surface area contributed by atoms with E-state index in [1.807, 2.05) is 11.5 Å². The average molecular weight is 550 g/mol. The van der Waals surface area contributed by atoms with E-state index in [2.05, 4.69) is 29.0 Å². The van der Waals surface area contributed by atoms with Gasteiger partial charge in [-0.3, -0.25) is 9.36 Å². The lowest BCUT2D eigenvalue weighted by atomic mass is 9.63. The predicted octanol–water partition coefficient (Wildman–Crippen LogP) is 5.39. The fourth-order valence-electron chi connectivity index (χ4n) is 6.93. The van der Waals surface area contributed by atoms with E-state index >= 15 is 0 Å². The number of hydrogen-bond acceptors (Lipinski definition) is 7. The van der Waals surface area contributed by atoms with Crippen LogP contribution in [0.4, 0.5) is 11.6 Å². The summed E-state index contributed by atoms with van der Waals surface area (Å²) in [6.07, 6.45) is 9.69. The fraction of sp³-hybridized carbons (Fsp3) is 0.567. The summed E-state index contributed by atoms with van der Waals surface area (Å²) in [6.45, 7) is 8.50. The van der Waals surface area contributed by atoms with E-state index in [0.717, 1.165) is 81.1 Å². The summed E-state index contributed by atoms with van der Waals surface area (Å²) in [6, 6.07) is 9.36. The molecule has 8 nitrogen and oxygen atoms in total. The van der Waals surface area contributed by atoms with E-state index in [0.29, 0.717) is 22.5 Å². The summed E-state index contributed by atoms with van der Waals surface area (Å²) >= 11 is 0. The molecule has 39 heavy (non-hydrogen) atoms. The van der Waals surface area contributed by atoms with Crippen LogP contribution in [-0.4, -0.2) is 52.2 Å². The van der Waals surface area contributed by atoms with Crippen LogP contribution in [0.25, 0.3) is 11.0 Å². The molecule has 6 rings (SSSR count). The molecule has 2 aliphatic carbocycles. The molecule has 208 valence electrons. The first-order valence-electron chi connectivity index (χ1n) is 14.4. The lowest BCUT2D eigenvalue weighted by molar-refractivity contribution is 0.0246. The lowest BCUT2D eigenvalue weighted by Crippen LogP contribution is -2.52. The molecule has 1 spiro atoms. The number of pyridine rings is 1. The number of likely N-dealkylation sites (tertiary alicyclic amines) is 1. The summed E-state index contributed by atoms with van der Waals surface area (Å²) < 4.78 is 28.8. The molecule has 0 bridgehead atoms.